The third kappa shape index (κ3) is 2.17. The van der Waals surface area contributed by atoms with Gasteiger partial charge in [0.1, 0.15) is 0 Å². The van der Waals surface area contributed by atoms with Crippen LogP contribution in [0.5, 0.6) is 0 Å². The first-order valence-corrected chi connectivity index (χ1v) is 7.44. The molecule has 102 valence electrons. The number of benzene rings is 1. The largest absolute Gasteiger partial charge is 0.356 e. The number of amides is 1. The highest BCUT2D eigenvalue weighted by Crippen LogP contribution is 2.49. The number of nitrogens with zero attached hydrogens (tertiary/aromatic N) is 1. The van der Waals surface area contributed by atoms with Crippen molar-refractivity contribution in [2.45, 2.75) is 25.2 Å². The van der Waals surface area contributed by atoms with Gasteiger partial charge in [-0.1, -0.05) is 18.2 Å². The molecular weight excluding hydrogens is 248 g/mol. The molecule has 2 saturated carbocycles. The van der Waals surface area contributed by atoms with Gasteiger partial charge in [-0.25, -0.2) is 0 Å². The minimum atomic E-state index is 0.166. The Labute approximate surface area is 118 Å². The van der Waals surface area contributed by atoms with Crippen LogP contribution in [0.1, 0.15) is 30.7 Å². The molecule has 20 heavy (non-hydrogen) atoms. The van der Waals surface area contributed by atoms with E-state index in [-0.39, 0.29) is 11.8 Å². The Morgan fingerprint density at radius 2 is 2.10 bits per heavy atom. The SMILES string of the molecule is O=C(NCC1CC1)[C@@H]1C[C@H]1c1ccnc2ccccc12. The molecule has 2 fully saturated rings. The van der Waals surface area contributed by atoms with Gasteiger partial charge >= 0.3 is 0 Å². The van der Waals surface area contributed by atoms with Crippen LogP contribution in [0.25, 0.3) is 10.9 Å². The second kappa shape index (κ2) is 4.58. The third-order valence-corrected chi connectivity index (χ3v) is 4.47. The molecule has 1 aromatic carbocycles. The molecule has 2 aliphatic rings. The molecular formula is C17H18N2O. The smallest absolute Gasteiger partial charge is 0.223 e. The van der Waals surface area contributed by atoms with Crippen LogP contribution in [0.15, 0.2) is 36.5 Å². The number of fused-ring (bicyclic) bond motifs is 1. The van der Waals surface area contributed by atoms with Crippen molar-refractivity contribution in [3.05, 3.63) is 42.1 Å². The van der Waals surface area contributed by atoms with Crippen molar-refractivity contribution in [1.29, 1.82) is 0 Å². The summed E-state index contributed by atoms with van der Waals surface area (Å²) in [6.45, 7) is 0.874. The van der Waals surface area contributed by atoms with E-state index in [9.17, 15) is 4.79 Å². The normalized spacial score (nSPS) is 24.6. The number of pyridine rings is 1. The molecule has 0 spiro atoms. The monoisotopic (exact) mass is 266 g/mol. The number of nitrogens with one attached hydrogen (secondary N) is 1. The summed E-state index contributed by atoms with van der Waals surface area (Å²) in [7, 11) is 0. The zero-order chi connectivity index (χ0) is 13.5. The molecule has 3 nitrogen and oxygen atoms in total. The van der Waals surface area contributed by atoms with Crippen LogP contribution >= 0.6 is 0 Å². The number of aromatic nitrogens is 1. The van der Waals surface area contributed by atoms with E-state index in [0.29, 0.717) is 5.92 Å². The molecule has 1 aromatic heterocycles. The molecule has 2 aliphatic carbocycles. The van der Waals surface area contributed by atoms with E-state index < -0.39 is 0 Å². The lowest BCUT2D eigenvalue weighted by Crippen LogP contribution is -2.27. The van der Waals surface area contributed by atoms with Crippen molar-refractivity contribution in [3.63, 3.8) is 0 Å². The van der Waals surface area contributed by atoms with Crippen LogP contribution in [0, 0.1) is 11.8 Å². The highest BCUT2D eigenvalue weighted by molar-refractivity contribution is 5.87. The van der Waals surface area contributed by atoms with Gasteiger partial charge in [0.2, 0.25) is 5.91 Å². The van der Waals surface area contributed by atoms with Crippen molar-refractivity contribution in [1.82, 2.24) is 10.3 Å². The molecule has 0 bridgehead atoms. The Bertz CT molecular complexity index is 658. The van der Waals surface area contributed by atoms with E-state index in [1.165, 1.54) is 23.8 Å². The molecule has 3 heteroatoms. The molecule has 1 amide bonds. The van der Waals surface area contributed by atoms with Crippen molar-refractivity contribution in [2.75, 3.05) is 6.54 Å². The number of para-hydroxylation sites is 1. The molecule has 4 rings (SSSR count). The maximum absolute atomic E-state index is 12.1. The number of rotatable bonds is 4. The fraction of sp³-hybridized carbons (Fsp3) is 0.412. The van der Waals surface area contributed by atoms with Crippen LogP contribution < -0.4 is 5.32 Å². The van der Waals surface area contributed by atoms with Gasteiger partial charge in [-0.15, -0.1) is 0 Å². The average Bonchev–Trinajstić information content (AvgIpc) is 3.38. The molecule has 1 N–H and O–H groups in total. The van der Waals surface area contributed by atoms with E-state index in [1.54, 1.807) is 0 Å². The van der Waals surface area contributed by atoms with E-state index in [0.717, 1.165) is 24.4 Å². The molecule has 1 heterocycles. The van der Waals surface area contributed by atoms with E-state index in [2.05, 4.69) is 22.4 Å². The Morgan fingerprint density at radius 3 is 2.95 bits per heavy atom. The van der Waals surface area contributed by atoms with Gasteiger partial charge in [0.15, 0.2) is 0 Å². The summed E-state index contributed by atoms with van der Waals surface area (Å²) >= 11 is 0. The van der Waals surface area contributed by atoms with Crippen LogP contribution in [0.3, 0.4) is 0 Å². The number of hydrogen-bond donors (Lipinski definition) is 1. The summed E-state index contributed by atoms with van der Waals surface area (Å²) in [5, 5.41) is 4.29. The van der Waals surface area contributed by atoms with Gasteiger partial charge in [-0.05, 0) is 48.8 Å². The van der Waals surface area contributed by atoms with Crippen molar-refractivity contribution < 1.29 is 4.79 Å². The van der Waals surface area contributed by atoms with E-state index in [1.807, 2.05) is 24.4 Å². The highest BCUT2D eigenvalue weighted by atomic mass is 16.2. The summed E-state index contributed by atoms with van der Waals surface area (Å²) in [5.74, 6) is 1.53. The van der Waals surface area contributed by atoms with Crippen molar-refractivity contribution in [3.8, 4) is 0 Å². The van der Waals surface area contributed by atoms with E-state index in [4.69, 9.17) is 0 Å². The molecule has 2 atom stereocenters. The number of carbonyl (C=O) groups excluding carboxylic acids is 1. The second-order valence-corrected chi connectivity index (χ2v) is 6.05. The molecule has 2 aromatic rings. The van der Waals surface area contributed by atoms with Crippen LogP contribution in [0.2, 0.25) is 0 Å². The standard InChI is InChI=1S/C17H18N2O/c20-17(19-10-11-5-6-11)15-9-14(15)12-7-8-18-16-4-2-1-3-13(12)16/h1-4,7-8,11,14-15H,5-6,9-10H2,(H,19,20)/t14-,15+/m0/s1. The van der Waals surface area contributed by atoms with Crippen molar-refractivity contribution >= 4 is 16.8 Å². The van der Waals surface area contributed by atoms with Gasteiger partial charge in [0.05, 0.1) is 5.52 Å². The quantitative estimate of drug-likeness (QED) is 0.924. The maximum Gasteiger partial charge on any atom is 0.223 e. The van der Waals surface area contributed by atoms with Crippen molar-refractivity contribution in [2.24, 2.45) is 11.8 Å². The minimum absolute atomic E-state index is 0.166. The van der Waals surface area contributed by atoms with Gasteiger partial charge in [-0.3, -0.25) is 9.78 Å². The zero-order valence-corrected chi connectivity index (χ0v) is 11.4. The van der Waals surface area contributed by atoms with Gasteiger partial charge in [-0.2, -0.15) is 0 Å². The van der Waals surface area contributed by atoms with Crippen LogP contribution in [0.4, 0.5) is 0 Å². The van der Waals surface area contributed by atoms with Gasteiger partial charge < -0.3 is 5.32 Å². The van der Waals surface area contributed by atoms with Gasteiger partial charge in [0.25, 0.3) is 0 Å². The fourth-order valence-electron chi connectivity index (χ4n) is 2.97. The predicted octanol–water partition coefficient (Wildman–Crippen LogP) is 2.86. The number of hydrogen-bond acceptors (Lipinski definition) is 2. The second-order valence-electron chi connectivity index (χ2n) is 6.05. The van der Waals surface area contributed by atoms with Gasteiger partial charge in [0, 0.05) is 24.0 Å². The Morgan fingerprint density at radius 1 is 1.25 bits per heavy atom. The lowest BCUT2D eigenvalue weighted by molar-refractivity contribution is -0.122. The fourth-order valence-corrected chi connectivity index (χ4v) is 2.97. The minimum Gasteiger partial charge on any atom is -0.356 e. The maximum atomic E-state index is 12.1. The Kier molecular flexibility index (Phi) is 2.72. The van der Waals surface area contributed by atoms with Crippen LogP contribution in [-0.4, -0.2) is 17.4 Å². The summed E-state index contributed by atoms with van der Waals surface area (Å²) in [5.41, 5.74) is 2.30. The van der Waals surface area contributed by atoms with E-state index >= 15 is 0 Å². The molecule has 0 radical (unpaired) electrons. The summed E-state index contributed by atoms with van der Waals surface area (Å²) in [4.78, 5) is 16.5. The summed E-state index contributed by atoms with van der Waals surface area (Å²) in [6, 6.07) is 10.3. The molecule has 0 aliphatic heterocycles. The van der Waals surface area contributed by atoms with Crippen LogP contribution in [-0.2, 0) is 4.79 Å². The lowest BCUT2D eigenvalue weighted by atomic mass is 10.0. The molecule has 0 unspecified atom stereocenters. The lowest BCUT2D eigenvalue weighted by Gasteiger charge is -2.06. The Balaban J connectivity index is 1.51. The topological polar surface area (TPSA) is 42.0 Å². The number of carbonyl (C=O) groups is 1. The molecule has 0 saturated heterocycles. The predicted molar refractivity (Wildman–Crippen MR) is 78.3 cm³/mol. The first-order chi connectivity index (χ1) is 9.83. The highest BCUT2D eigenvalue weighted by Gasteiger charge is 2.44. The Hall–Kier alpha value is -1.90. The average molecular weight is 266 g/mol. The first-order valence-electron chi connectivity index (χ1n) is 7.44. The first kappa shape index (κ1) is 11.9. The third-order valence-electron chi connectivity index (χ3n) is 4.47. The zero-order valence-electron chi connectivity index (χ0n) is 11.4. The summed E-state index contributed by atoms with van der Waals surface area (Å²) in [6.07, 6.45) is 5.40. The summed E-state index contributed by atoms with van der Waals surface area (Å²) < 4.78 is 0.